The first kappa shape index (κ1) is 10.8. The van der Waals surface area contributed by atoms with Crippen molar-refractivity contribution in [2.45, 2.75) is 0 Å². The van der Waals surface area contributed by atoms with Gasteiger partial charge < -0.3 is 14.2 Å². The fourth-order valence-electron chi connectivity index (χ4n) is 1.17. The number of thiocarbonyl (C=S) groups is 1. The Hall–Kier alpha value is -1.29. The summed E-state index contributed by atoms with van der Waals surface area (Å²) in [6.45, 7) is 0. The second-order valence-electron chi connectivity index (χ2n) is 2.58. The van der Waals surface area contributed by atoms with E-state index in [0.717, 1.165) is 5.56 Å². The highest BCUT2D eigenvalue weighted by molar-refractivity contribution is 7.79. The Kier molecular flexibility index (Phi) is 3.71. The van der Waals surface area contributed by atoms with Crippen LogP contribution in [-0.4, -0.2) is 26.7 Å². The average Bonchev–Trinajstić information content (AvgIpc) is 2.26. The third-order valence-corrected chi connectivity index (χ3v) is 2.10. The first-order valence-electron chi connectivity index (χ1n) is 4.02. The van der Waals surface area contributed by atoms with Crippen molar-refractivity contribution < 1.29 is 14.2 Å². The minimum absolute atomic E-state index is 0.579. The van der Waals surface area contributed by atoms with E-state index in [2.05, 4.69) is 0 Å². The van der Waals surface area contributed by atoms with Gasteiger partial charge in [-0.2, -0.15) is 0 Å². The zero-order valence-electron chi connectivity index (χ0n) is 8.37. The maximum absolute atomic E-state index is 5.16. The predicted octanol–water partition coefficient (Wildman–Crippen LogP) is 2.06. The molecule has 0 aromatic heterocycles. The van der Waals surface area contributed by atoms with Gasteiger partial charge in [-0.25, -0.2) is 0 Å². The first-order valence-corrected chi connectivity index (χ1v) is 4.49. The molecule has 0 fully saturated rings. The predicted molar refractivity (Wildman–Crippen MR) is 58.9 cm³/mol. The number of hydrogen-bond donors (Lipinski definition) is 0. The number of methoxy groups -OCH3 is 3. The van der Waals surface area contributed by atoms with Crippen LogP contribution in [0.15, 0.2) is 12.1 Å². The summed E-state index contributed by atoms with van der Waals surface area (Å²) >= 11 is 4.84. The Labute approximate surface area is 88.6 Å². The van der Waals surface area contributed by atoms with Crippen LogP contribution in [0.5, 0.6) is 17.2 Å². The highest BCUT2D eigenvalue weighted by Gasteiger charge is 2.11. The topological polar surface area (TPSA) is 27.7 Å². The van der Waals surface area contributed by atoms with Crippen molar-refractivity contribution in [1.29, 1.82) is 0 Å². The molecule has 0 saturated heterocycles. The summed E-state index contributed by atoms with van der Waals surface area (Å²) in [6.07, 6.45) is 0. The van der Waals surface area contributed by atoms with Crippen molar-refractivity contribution >= 4 is 17.6 Å². The van der Waals surface area contributed by atoms with Crippen molar-refractivity contribution in [1.82, 2.24) is 0 Å². The van der Waals surface area contributed by atoms with Crippen LogP contribution in [0.1, 0.15) is 5.56 Å². The summed E-state index contributed by atoms with van der Waals surface area (Å²) in [5.74, 6) is 1.81. The smallest absolute Gasteiger partial charge is 0.203 e. The summed E-state index contributed by atoms with van der Waals surface area (Å²) < 4.78 is 15.5. The van der Waals surface area contributed by atoms with Crippen LogP contribution in [0.2, 0.25) is 0 Å². The van der Waals surface area contributed by atoms with Gasteiger partial charge >= 0.3 is 0 Å². The third-order valence-electron chi connectivity index (χ3n) is 1.82. The van der Waals surface area contributed by atoms with E-state index in [1.165, 1.54) is 0 Å². The van der Waals surface area contributed by atoms with Crippen molar-refractivity contribution in [3.63, 3.8) is 0 Å². The molecule has 0 N–H and O–H groups in total. The lowest BCUT2D eigenvalue weighted by atomic mass is 10.2. The quantitative estimate of drug-likeness (QED) is 0.714. The van der Waals surface area contributed by atoms with Crippen molar-refractivity contribution in [2.24, 2.45) is 0 Å². The van der Waals surface area contributed by atoms with Crippen LogP contribution in [0.25, 0.3) is 0 Å². The van der Waals surface area contributed by atoms with Gasteiger partial charge in [-0.1, -0.05) is 12.2 Å². The standard InChI is InChI=1S/C10H12O3S/c1-11-8-4-7(6-14)5-9(12-2)10(8)13-3/h4-6H,1-3H3. The largest absolute Gasteiger partial charge is 0.493 e. The number of benzene rings is 1. The molecule has 0 aliphatic carbocycles. The Morgan fingerprint density at radius 3 is 1.79 bits per heavy atom. The van der Waals surface area contributed by atoms with Gasteiger partial charge in [0.25, 0.3) is 0 Å². The molecule has 0 amide bonds. The molecule has 1 aromatic carbocycles. The zero-order valence-corrected chi connectivity index (χ0v) is 9.18. The molecule has 0 saturated carbocycles. The summed E-state index contributed by atoms with van der Waals surface area (Å²) in [5.41, 5.74) is 0.856. The van der Waals surface area contributed by atoms with E-state index in [-0.39, 0.29) is 0 Å². The molecule has 1 rings (SSSR count). The van der Waals surface area contributed by atoms with Gasteiger partial charge in [0.2, 0.25) is 5.75 Å². The van der Waals surface area contributed by atoms with Gasteiger partial charge in [-0.05, 0) is 17.7 Å². The molecule has 4 heteroatoms. The molecule has 0 unspecified atom stereocenters. The zero-order chi connectivity index (χ0) is 10.6. The molecule has 76 valence electrons. The summed E-state index contributed by atoms with van der Waals surface area (Å²) in [7, 11) is 4.71. The molecule has 14 heavy (non-hydrogen) atoms. The molecule has 0 bridgehead atoms. The normalized spacial score (nSPS) is 9.36. The van der Waals surface area contributed by atoms with E-state index < -0.39 is 0 Å². The van der Waals surface area contributed by atoms with Crippen LogP contribution in [-0.2, 0) is 0 Å². The molecule has 0 heterocycles. The molecular formula is C10H12O3S. The second kappa shape index (κ2) is 4.81. The lowest BCUT2D eigenvalue weighted by Crippen LogP contribution is -1.96. The molecule has 0 atom stereocenters. The maximum atomic E-state index is 5.16. The van der Waals surface area contributed by atoms with Gasteiger partial charge in [-0.3, -0.25) is 0 Å². The fraction of sp³-hybridized carbons (Fsp3) is 0.300. The van der Waals surface area contributed by atoms with Gasteiger partial charge in [-0.15, -0.1) is 0 Å². The number of hydrogen-bond acceptors (Lipinski definition) is 4. The first-order chi connectivity index (χ1) is 6.76. The third kappa shape index (κ3) is 1.96. The molecule has 1 aromatic rings. The molecule has 0 aliphatic heterocycles. The molecular weight excluding hydrogens is 200 g/mol. The van der Waals surface area contributed by atoms with E-state index in [1.54, 1.807) is 38.8 Å². The number of ether oxygens (including phenoxy) is 3. The van der Waals surface area contributed by atoms with E-state index in [0.29, 0.717) is 17.2 Å². The van der Waals surface area contributed by atoms with E-state index in [4.69, 9.17) is 26.4 Å². The number of rotatable bonds is 4. The minimum atomic E-state index is 0.579. The van der Waals surface area contributed by atoms with Gasteiger partial charge in [0, 0.05) is 5.37 Å². The highest BCUT2D eigenvalue weighted by atomic mass is 32.1. The van der Waals surface area contributed by atoms with E-state index in [9.17, 15) is 0 Å². The molecule has 0 aliphatic rings. The highest BCUT2D eigenvalue weighted by Crippen LogP contribution is 2.37. The average molecular weight is 212 g/mol. The summed E-state index contributed by atoms with van der Waals surface area (Å²) in [6, 6.07) is 3.60. The Morgan fingerprint density at radius 1 is 1.00 bits per heavy atom. The Morgan fingerprint density at radius 2 is 1.50 bits per heavy atom. The van der Waals surface area contributed by atoms with Crippen molar-refractivity contribution in [3.05, 3.63) is 17.7 Å². The molecule has 3 nitrogen and oxygen atoms in total. The second-order valence-corrected chi connectivity index (χ2v) is 2.81. The molecule has 0 spiro atoms. The van der Waals surface area contributed by atoms with Gasteiger partial charge in [0.1, 0.15) is 0 Å². The Bertz CT molecular complexity index is 311. The minimum Gasteiger partial charge on any atom is -0.493 e. The van der Waals surface area contributed by atoms with Crippen LogP contribution in [0.4, 0.5) is 0 Å². The monoisotopic (exact) mass is 212 g/mol. The van der Waals surface area contributed by atoms with Gasteiger partial charge in [0.05, 0.1) is 21.3 Å². The SMILES string of the molecule is COc1cc(C=S)cc(OC)c1OC. The fourth-order valence-corrected chi connectivity index (χ4v) is 1.31. The lowest BCUT2D eigenvalue weighted by molar-refractivity contribution is 0.324. The van der Waals surface area contributed by atoms with Crippen LogP contribution in [0.3, 0.4) is 0 Å². The van der Waals surface area contributed by atoms with Gasteiger partial charge in [0.15, 0.2) is 11.5 Å². The van der Waals surface area contributed by atoms with Crippen molar-refractivity contribution in [2.75, 3.05) is 21.3 Å². The lowest BCUT2D eigenvalue weighted by Gasteiger charge is -2.12. The summed E-state index contributed by atoms with van der Waals surface area (Å²) in [4.78, 5) is 0. The van der Waals surface area contributed by atoms with Crippen LogP contribution < -0.4 is 14.2 Å². The van der Waals surface area contributed by atoms with E-state index in [1.807, 2.05) is 0 Å². The van der Waals surface area contributed by atoms with E-state index >= 15 is 0 Å². The van der Waals surface area contributed by atoms with Crippen LogP contribution in [0, 0.1) is 0 Å². The molecule has 0 radical (unpaired) electrons. The summed E-state index contributed by atoms with van der Waals surface area (Å²) in [5, 5.41) is 1.56. The Balaban J connectivity index is 3.31. The maximum Gasteiger partial charge on any atom is 0.203 e. The van der Waals surface area contributed by atoms with Crippen LogP contribution >= 0.6 is 12.2 Å². The van der Waals surface area contributed by atoms with Crippen molar-refractivity contribution in [3.8, 4) is 17.2 Å².